The molecule has 0 aliphatic heterocycles. The van der Waals surface area contributed by atoms with Crippen LogP contribution in [-0.2, 0) is 0 Å². The van der Waals surface area contributed by atoms with Crippen molar-refractivity contribution < 1.29 is 8.78 Å². The molecular weight excluding hydrogens is 202 g/mol. The van der Waals surface area contributed by atoms with E-state index in [-0.39, 0.29) is 5.57 Å². The quantitative estimate of drug-likeness (QED) is 0.480. The molecule has 82 valence electrons. The zero-order chi connectivity index (χ0) is 11.6. The van der Waals surface area contributed by atoms with E-state index in [2.05, 4.69) is 19.7 Å². The average Bonchev–Trinajstić information content (AvgIpc) is 2.19. The maximum absolute atomic E-state index is 13.1. The molecule has 0 nitrogen and oxygen atoms in total. The molecule has 0 spiro atoms. The van der Waals surface area contributed by atoms with Crippen LogP contribution < -0.4 is 0 Å². The van der Waals surface area contributed by atoms with Crippen molar-refractivity contribution in [2.45, 2.75) is 25.5 Å². The Bertz CT molecular complexity index is 186. The van der Waals surface area contributed by atoms with E-state index in [1.807, 2.05) is 6.92 Å². The normalized spacial score (nSPS) is 11.6. The van der Waals surface area contributed by atoms with Crippen molar-refractivity contribution in [3.05, 3.63) is 37.5 Å². The first-order valence-electron chi connectivity index (χ1n) is 4.39. The van der Waals surface area contributed by atoms with Gasteiger partial charge < -0.3 is 0 Å². The van der Waals surface area contributed by atoms with Crippen LogP contribution >= 0.6 is 11.8 Å². The molecule has 14 heavy (non-hydrogen) atoms. The lowest BCUT2D eigenvalue weighted by atomic mass is 10.2. The summed E-state index contributed by atoms with van der Waals surface area (Å²) in [6.45, 7) is 12.8. The number of alkyl halides is 2. The molecule has 0 radical (unpaired) electrons. The van der Waals surface area contributed by atoms with Gasteiger partial charge >= 0.3 is 5.25 Å². The van der Waals surface area contributed by atoms with Gasteiger partial charge in [-0.15, -0.1) is 13.2 Å². The van der Waals surface area contributed by atoms with Gasteiger partial charge in [0.2, 0.25) is 0 Å². The maximum Gasteiger partial charge on any atom is 0.318 e. The first-order chi connectivity index (χ1) is 6.58. The molecule has 0 saturated heterocycles. The number of hydrogen-bond donors (Lipinski definition) is 0. The monoisotopic (exact) mass is 220 g/mol. The van der Waals surface area contributed by atoms with Crippen LogP contribution in [0.4, 0.5) is 8.78 Å². The molecule has 0 aromatic rings. The van der Waals surface area contributed by atoms with Gasteiger partial charge in [-0.05, 0) is 19.1 Å². The second-order valence-corrected chi connectivity index (χ2v) is 3.52. The highest BCUT2D eigenvalue weighted by Gasteiger charge is 2.31. The van der Waals surface area contributed by atoms with E-state index in [1.165, 1.54) is 12.2 Å². The summed E-state index contributed by atoms with van der Waals surface area (Å²) in [5, 5.41) is -2.77. The van der Waals surface area contributed by atoms with Crippen molar-refractivity contribution in [2.24, 2.45) is 0 Å². The van der Waals surface area contributed by atoms with Crippen molar-refractivity contribution in [1.82, 2.24) is 0 Å². The molecule has 0 N–H and O–H groups in total. The second-order valence-electron chi connectivity index (χ2n) is 2.31. The lowest BCUT2D eigenvalue weighted by Gasteiger charge is -2.15. The molecule has 0 atom stereocenters. The van der Waals surface area contributed by atoms with E-state index in [9.17, 15) is 8.78 Å². The summed E-state index contributed by atoms with van der Waals surface area (Å²) in [5.74, 6) is 0.470. The Kier molecular flexibility index (Phi) is 10.2. The Hall–Kier alpha value is -0.570. The highest BCUT2D eigenvalue weighted by atomic mass is 32.2. The first kappa shape index (κ1) is 15.9. The van der Waals surface area contributed by atoms with Crippen LogP contribution in [0, 0.1) is 0 Å². The minimum absolute atomic E-state index is 0.000880. The molecule has 0 amide bonds. The molecule has 0 aromatic heterocycles. The zero-order valence-corrected chi connectivity index (χ0v) is 9.67. The number of allylic oxidation sites excluding steroid dienone is 2. The molecule has 0 aliphatic carbocycles. The lowest BCUT2D eigenvalue weighted by Crippen LogP contribution is -2.13. The maximum atomic E-state index is 13.1. The third-order valence-corrected chi connectivity index (χ3v) is 2.57. The summed E-state index contributed by atoms with van der Waals surface area (Å²) in [6.07, 6.45) is 3.37. The van der Waals surface area contributed by atoms with Crippen LogP contribution in [0.5, 0.6) is 0 Å². The van der Waals surface area contributed by atoms with Crippen LogP contribution in [0.25, 0.3) is 0 Å². The van der Waals surface area contributed by atoms with E-state index < -0.39 is 5.25 Å². The summed E-state index contributed by atoms with van der Waals surface area (Å²) < 4.78 is 26.2. The summed E-state index contributed by atoms with van der Waals surface area (Å²) in [7, 11) is 0. The predicted octanol–water partition coefficient (Wildman–Crippen LogP) is 4.66. The van der Waals surface area contributed by atoms with Gasteiger partial charge in [-0.2, -0.15) is 8.78 Å². The summed E-state index contributed by atoms with van der Waals surface area (Å²) >= 11 is 0.663. The SMILES string of the molecule is C=C.C=C/C(=C\C)C(F)(F)SCCC. The first-order valence-corrected chi connectivity index (χ1v) is 5.38. The van der Waals surface area contributed by atoms with Crippen molar-refractivity contribution in [3.63, 3.8) is 0 Å². The Morgan fingerprint density at radius 2 is 1.93 bits per heavy atom. The van der Waals surface area contributed by atoms with Crippen LogP contribution in [0.15, 0.2) is 37.5 Å². The fourth-order valence-electron chi connectivity index (χ4n) is 0.718. The summed E-state index contributed by atoms with van der Waals surface area (Å²) in [5.41, 5.74) is 0.000880. The van der Waals surface area contributed by atoms with Gasteiger partial charge in [-0.3, -0.25) is 0 Å². The fourth-order valence-corrected chi connectivity index (χ4v) is 1.55. The standard InChI is InChI=1S/C9H14F2S.C2H4/c1-4-7-12-9(10,11)8(5-2)6-3;1-2/h5-6H,2,4,7H2,1,3H3;1-2H2/b8-6+;. The van der Waals surface area contributed by atoms with Crippen molar-refractivity contribution in [2.75, 3.05) is 5.75 Å². The highest BCUT2D eigenvalue weighted by molar-refractivity contribution is 8.00. The molecule has 3 heteroatoms. The highest BCUT2D eigenvalue weighted by Crippen LogP contribution is 2.36. The molecule has 0 rings (SSSR count). The molecule has 0 fully saturated rings. The van der Waals surface area contributed by atoms with Crippen LogP contribution in [0.3, 0.4) is 0 Å². The topological polar surface area (TPSA) is 0 Å². The average molecular weight is 220 g/mol. The number of halogens is 2. The van der Waals surface area contributed by atoms with E-state index in [1.54, 1.807) is 6.92 Å². The van der Waals surface area contributed by atoms with Crippen molar-refractivity contribution in [3.8, 4) is 0 Å². The Balaban J connectivity index is 0. The van der Waals surface area contributed by atoms with E-state index in [0.29, 0.717) is 17.5 Å². The summed E-state index contributed by atoms with van der Waals surface area (Å²) in [4.78, 5) is 0. The Morgan fingerprint density at radius 3 is 2.21 bits per heavy atom. The van der Waals surface area contributed by atoms with Gasteiger partial charge in [0.15, 0.2) is 0 Å². The minimum Gasteiger partial charge on any atom is -0.189 e. The van der Waals surface area contributed by atoms with Crippen molar-refractivity contribution in [1.29, 1.82) is 0 Å². The minimum atomic E-state index is -2.77. The lowest BCUT2D eigenvalue weighted by molar-refractivity contribution is 0.152. The fraction of sp³-hybridized carbons (Fsp3) is 0.455. The number of thioether (sulfide) groups is 1. The van der Waals surface area contributed by atoms with Crippen LogP contribution in [-0.4, -0.2) is 11.0 Å². The molecule has 0 aromatic carbocycles. The van der Waals surface area contributed by atoms with E-state index in [0.717, 1.165) is 6.42 Å². The van der Waals surface area contributed by atoms with Gasteiger partial charge in [0.25, 0.3) is 0 Å². The smallest absolute Gasteiger partial charge is 0.189 e. The van der Waals surface area contributed by atoms with Crippen molar-refractivity contribution >= 4 is 11.8 Å². The van der Waals surface area contributed by atoms with E-state index in [4.69, 9.17) is 0 Å². The van der Waals surface area contributed by atoms with Crippen LogP contribution in [0.1, 0.15) is 20.3 Å². The molecule has 0 saturated carbocycles. The third kappa shape index (κ3) is 5.97. The largest absolute Gasteiger partial charge is 0.318 e. The van der Waals surface area contributed by atoms with Gasteiger partial charge in [0, 0.05) is 5.57 Å². The van der Waals surface area contributed by atoms with Gasteiger partial charge in [-0.25, -0.2) is 0 Å². The summed E-state index contributed by atoms with van der Waals surface area (Å²) in [6, 6.07) is 0. The predicted molar refractivity (Wildman–Crippen MR) is 62.9 cm³/mol. The Morgan fingerprint density at radius 1 is 1.43 bits per heavy atom. The molecule has 0 unspecified atom stereocenters. The third-order valence-electron chi connectivity index (χ3n) is 1.35. The second kappa shape index (κ2) is 9.00. The van der Waals surface area contributed by atoms with Gasteiger partial charge in [0.05, 0.1) is 0 Å². The number of rotatable bonds is 5. The number of hydrogen-bond acceptors (Lipinski definition) is 1. The Labute approximate surface area is 89.8 Å². The molecule has 0 aliphatic rings. The molecule has 0 heterocycles. The molecule has 0 bridgehead atoms. The van der Waals surface area contributed by atoms with E-state index >= 15 is 0 Å². The van der Waals surface area contributed by atoms with Gasteiger partial charge in [0.1, 0.15) is 0 Å². The molecular formula is C11H18F2S. The van der Waals surface area contributed by atoms with Crippen LogP contribution in [0.2, 0.25) is 0 Å². The zero-order valence-electron chi connectivity index (χ0n) is 8.85. The van der Waals surface area contributed by atoms with Gasteiger partial charge in [-0.1, -0.05) is 37.4 Å².